The number of urea groups is 1. The predicted molar refractivity (Wildman–Crippen MR) is 150 cm³/mol. The third-order valence-corrected chi connectivity index (χ3v) is 7.51. The summed E-state index contributed by atoms with van der Waals surface area (Å²) in [5, 5.41) is 5.99. The zero-order valence-electron chi connectivity index (χ0n) is 20.3. The van der Waals surface area contributed by atoms with Gasteiger partial charge in [0.1, 0.15) is 11.2 Å². The molecule has 192 valence electrons. The minimum Gasteiger partial charge on any atom is -0.485 e. The van der Waals surface area contributed by atoms with E-state index in [1.165, 1.54) is 4.90 Å². The van der Waals surface area contributed by atoms with Crippen molar-refractivity contribution < 1.29 is 14.3 Å². The van der Waals surface area contributed by atoms with Gasteiger partial charge in [-0.05, 0) is 65.7 Å². The summed E-state index contributed by atoms with van der Waals surface area (Å²) in [6.45, 7) is 3.61. The zero-order valence-corrected chi connectivity index (χ0v) is 23.4. The molecule has 2 N–H and O–H groups in total. The fourth-order valence-corrected chi connectivity index (χ4v) is 4.64. The Labute approximate surface area is 232 Å². The van der Waals surface area contributed by atoms with Crippen molar-refractivity contribution in [3.63, 3.8) is 0 Å². The lowest BCUT2D eigenvalue weighted by Crippen LogP contribution is -2.40. The van der Waals surface area contributed by atoms with Gasteiger partial charge in [-0.2, -0.15) is 0 Å². The maximum atomic E-state index is 12.8. The van der Waals surface area contributed by atoms with Crippen LogP contribution in [0.1, 0.15) is 16.8 Å². The van der Waals surface area contributed by atoms with Crippen LogP contribution < -0.4 is 20.3 Å². The van der Waals surface area contributed by atoms with Gasteiger partial charge in [0.15, 0.2) is 11.4 Å². The smallest absolute Gasteiger partial charge is 0.319 e. The Morgan fingerprint density at radius 2 is 1.86 bits per heavy atom. The first kappa shape index (κ1) is 26.8. The normalized spacial score (nSPS) is 10.9. The second kappa shape index (κ2) is 11.4. The van der Waals surface area contributed by atoms with E-state index in [9.17, 15) is 9.59 Å². The van der Waals surface area contributed by atoms with E-state index >= 15 is 0 Å². The Morgan fingerprint density at radius 1 is 1.11 bits per heavy atom. The first-order valence-electron chi connectivity index (χ1n) is 11.3. The molecule has 0 unspecified atom stereocenters. The minimum absolute atomic E-state index is 0.0633. The first-order valence-corrected chi connectivity index (χ1v) is 12.8. The van der Waals surface area contributed by atoms with Crippen LogP contribution in [0.2, 0.25) is 10.0 Å². The highest BCUT2D eigenvalue weighted by atomic mass is 79.9. The molecule has 2 aromatic heterocycles. The van der Waals surface area contributed by atoms with Crippen LogP contribution in [0.5, 0.6) is 5.75 Å². The van der Waals surface area contributed by atoms with Gasteiger partial charge in [-0.25, -0.2) is 9.78 Å². The Balaban J connectivity index is 1.44. The van der Waals surface area contributed by atoms with Crippen LogP contribution in [0.25, 0.3) is 5.65 Å². The Kier molecular flexibility index (Phi) is 8.26. The second-order valence-corrected chi connectivity index (χ2v) is 9.81. The van der Waals surface area contributed by atoms with E-state index in [0.717, 1.165) is 15.9 Å². The van der Waals surface area contributed by atoms with E-state index in [2.05, 4.69) is 31.5 Å². The second-order valence-electron chi connectivity index (χ2n) is 8.28. The molecule has 0 saturated heterocycles. The Morgan fingerprint density at radius 3 is 2.62 bits per heavy atom. The maximum Gasteiger partial charge on any atom is 0.319 e. The molecule has 0 aliphatic heterocycles. The molecule has 11 heteroatoms. The Hall–Kier alpha value is -3.27. The summed E-state index contributed by atoms with van der Waals surface area (Å²) < 4.78 is 8.75. The molecule has 8 nitrogen and oxygen atoms in total. The molecule has 0 aliphatic carbocycles. The number of pyridine rings is 1. The highest BCUT2D eigenvalue weighted by molar-refractivity contribution is 9.10. The lowest BCUT2D eigenvalue weighted by atomic mass is 10.2. The van der Waals surface area contributed by atoms with Crippen molar-refractivity contribution in [2.45, 2.75) is 20.5 Å². The highest BCUT2D eigenvalue weighted by Gasteiger charge is 2.20. The molecule has 37 heavy (non-hydrogen) atoms. The third-order valence-electron chi connectivity index (χ3n) is 5.78. The number of benzene rings is 2. The summed E-state index contributed by atoms with van der Waals surface area (Å²) in [5.41, 5.74) is 4.02. The van der Waals surface area contributed by atoms with Crippen molar-refractivity contribution in [2.75, 3.05) is 23.8 Å². The van der Waals surface area contributed by atoms with Crippen molar-refractivity contribution in [3.8, 4) is 5.75 Å². The van der Waals surface area contributed by atoms with Crippen LogP contribution in [0.15, 0.2) is 59.3 Å². The molecule has 0 spiro atoms. The number of para-hydroxylation sites is 1. The number of ether oxygens (including phenoxy) is 1. The molecule has 0 fully saturated rings. The molecule has 0 bridgehead atoms. The van der Waals surface area contributed by atoms with Crippen LogP contribution in [-0.2, 0) is 11.4 Å². The van der Waals surface area contributed by atoms with Crippen LogP contribution in [0, 0.1) is 13.8 Å². The van der Waals surface area contributed by atoms with Gasteiger partial charge in [-0.1, -0.05) is 41.4 Å². The van der Waals surface area contributed by atoms with Crippen molar-refractivity contribution in [3.05, 3.63) is 86.2 Å². The highest BCUT2D eigenvalue weighted by Crippen LogP contribution is 2.35. The number of amides is 3. The Bertz CT molecular complexity index is 1490. The largest absolute Gasteiger partial charge is 0.485 e. The average Bonchev–Trinajstić information content (AvgIpc) is 3.17. The minimum atomic E-state index is -0.484. The van der Waals surface area contributed by atoms with E-state index in [4.69, 9.17) is 27.9 Å². The average molecular weight is 605 g/mol. The molecular formula is C26H24BrCl2N5O3. The summed E-state index contributed by atoms with van der Waals surface area (Å²) in [7, 11) is 1.58. The monoisotopic (exact) mass is 603 g/mol. The molecule has 0 saturated carbocycles. The van der Waals surface area contributed by atoms with Gasteiger partial charge in [-0.3, -0.25) is 9.20 Å². The van der Waals surface area contributed by atoms with Crippen molar-refractivity contribution in [1.82, 2.24) is 14.7 Å². The van der Waals surface area contributed by atoms with Crippen molar-refractivity contribution in [1.29, 1.82) is 0 Å². The molecule has 0 radical (unpaired) electrons. The number of aryl methyl sites for hydroxylation is 2. The summed E-state index contributed by atoms with van der Waals surface area (Å²) in [5.74, 6) is 0.195. The first-order chi connectivity index (χ1) is 17.7. The lowest BCUT2D eigenvalue weighted by molar-refractivity contribution is -0.117. The predicted octanol–water partition coefficient (Wildman–Crippen LogP) is 6.38. The number of hydrogen-bond donors (Lipinski definition) is 2. The van der Waals surface area contributed by atoms with E-state index in [1.54, 1.807) is 25.2 Å². The van der Waals surface area contributed by atoms with Crippen LogP contribution in [0.4, 0.5) is 16.2 Å². The number of rotatable bonds is 7. The van der Waals surface area contributed by atoms with E-state index < -0.39 is 6.03 Å². The van der Waals surface area contributed by atoms with Gasteiger partial charge in [0.05, 0.1) is 22.9 Å². The number of carbonyl (C=O) groups excluding carboxylic acids is 2. The molecule has 2 heterocycles. The van der Waals surface area contributed by atoms with Crippen LogP contribution in [0.3, 0.4) is 0 Å². The third kappa shape index (κ3) is 5.84. The lowest BCUT2D eigenvalue weighted by Gasteiger charge is -2.21. The summed E-state index contributed by atoms with van der Waals surface area (Å²) in [6, 6.07) is 13.8. The summed E-state index contributed by atoms with van der Waals surface area (Å²) in [6.07, 6.45) is 1.88. The van der Waals surface area contributed by atoms with Crippen molar-refractivity contribution >= 4 is 68.1 Å². The SMILES string of the molecule is Cc1ccccc1NC(=O)NCC(=O)N(C)c1ccc(Cl)c(COc2cccn3c(Br)c(C)nc23)c1Cl. The number of fused-ring (bicyclic) bond motifs is 1. The van der Waals surface area contributed by atoms with Gasteiger partial charge in [-0.15, -0.1) is 0 Å². The number of nitrogens with zero attached hydrogens (tertiary/aromatic N) is 3. The van der Waals surface area contributed by atoms with Crippen LogP contribution in [-0.4, -0.2) is 34.9 Å². The standard InChI is InChI=1S/C26H24BrCl2N5O3/c1-15-7-4-5-8-19(15)32-26(36)30-13-22(35)33(3)20-11-10-18(28)17(23(20)29)14-37-21-9-6-12-34-24(27)16(2)31-25(21)34/h4-12H,13-14H2,1-3H3,(H2,30,32,36). The molecule has 4 aromatic rings. The number of nitrogens with one attached hydrogen (secondary N) is 2. The number of aromatic nitrogens is 2. The number of hydrogen-bond acceptors (Lipinski definition) is 4. The summed E-state index contributed by atoms with van der Waals surface area (Å²) in [4.78, 5) is 31.0. The molecule has 2 aromatic carbocycles. The topological polar surface area (TPSA) is 88.0 Å². The van der Waals surface area contributed by atoms with E-state index in [1.807, 2.05) is 54.8 Å². The number of imidazole rings is 1. The molecular weight excluding hydrogens is 581 g/mol. The quantitative estimate of drug-likeness (QED) is 0.256. The van der Waals surface area contributed by atoms with E-state index in [0.29, 0.717) is 33.4 Å². The zero-order chi connectivity index (χ0) is 26.7. The van der Waals surface area contributed by atoms with Gasteiger partial charge >= 0.3 is 6.03 Å². The van der Waals surface area contributed by atoms with Crippen LogP contribution >= 0.6 is 39.1 Å². The van der Waals surface area contributed by atoms with Crippen molar-refractivity contribution in [2.24, 2.45) is 0 Å². The van der Waals surface area contributed by atoms with Gasteiger partial charge in [0, 0.05) is 29.5 Å². The maximum absolute atomic E-state index is 12.8. The van der Waals surface area contributed by atoms with Gasteiger partial charge in [0.25, 0.3) is 0 Å². The number of anilines is 2. The number of likely N-dealkylation sites (N-methyl/N-ethyl adjacent to an activating group) is 1. The fraction of sp³-hybridized carbons (Fsp3) is 0.192. The number of carbonyl (C=O) groups is 2. The number of halogens is 3. The molecule has 4 rings (SSSR count). The molecule has 0 atom stereocenters. The fourth-order valence-electron chi connectivity index (χ4n) is 3.65. The summed E-state index contributed by atoms with van der Waals surface area (Å²) >= 11 is 16.6. The van der Waals surface area contributed by atoms with Gasteiger partial charge < -0.3 is 20.3 Å². The van der Waals surface area contributed by atoms with Gasteiger partial charge in [0.2, 0.25) is 5.91 Å². The van der Waals surface area contributed by atoms with E-state index in [-0.39, 0.29) is 24.1 Å². The molecule has 0 aliphatic rings. The molecule has 3 amide bonds.